The normalized spacial score (nSPS) is 24.4. The minimum atomic E-state index is 0.376. The van der Waals surface area contributed by atoms with Crippen LogP contribution in [0.3, 0.4) is 0 Å². The molecule has 1 heterocycles. The molecule has 1 aliphatic carbocycles. The highest BCUT2D eigenvalue weighted by Gasteiger charge is 2.51. The van der Waals surface area contributed by atoms with Gasteiger partial charge in [-0.15, -0.1) is 0 Å². The first-order chi connectivity index (χ1) is 7.54. The van der Waals surface area contributed by atoms with Crippen molar-refractivity contribution in [2.75, 3.05) is 6.54 Å². The lowest BCUT2D eigenvalue weighted by molar-refractivity contribution is 0.344. The minimum Gasteiger partial charge on any atom is -0.453 e. The molecule has 1 aromatic rings. The Hall–Kier alpha value is -0.280. The van der Waals surface area contributed by atoms with Gasteiger partial charge in [-0.25, -0.2) is 0 Å². The average Bonchev–Trinajstić information content (AvgIpc) is 2.64. The molecule has 0 amide bonds. The maximum Gasteiger partial charge on any atom is 0.169 e. The highest BCUT2D eigenvalue weighted by atomic mass is 79.9. The van der Waals surface area contributed by atoms with Gasteiger partial charge in [0, 0.05) is 0 Å². The van der Waals surface area contributed by atoms with Crippen molar-refractivity contribution in [1.29, 1.82) is 0 Å². The zero-order valence-corrected chi connectivity index (χ0v) is 11.8. The van der Waals surface area contributed by atoms with Crippen LogP contribution in [0.25, 0.3) is 0 Å². The third-order valence-corrected chi connectivity index (χ3v) is 3.93. The molecule has 1 aromatic heterocycles. The number of halogens is 1. The van der Waals surface area contributed by atoms with Gasteiger partial charge in [0.05, 0.1) is 6.04 Å². The van der Waals surface area contributed by atoms with Crippen molar-refractivity contribution in [3.8, 4) is 0 Å². The summed E-state index contributed by atoms with van der Waals surface area (Å²) in [5, 5.41) is 3.60. The molecule has 2 rings (SSSR count). The smallest absolute Gasteiger partial charge is 0.169 e. The second-order valence-corrected chi connectivity index (χ2v) is 6.15. The molecule has 1 fully saturated rings. The molecule has 3 heteroatoms. The van der Waals surface area contributed by atoms with E-state index in [-0.39, 0.29) is 0 Å². The van der Waals surface area contributed by atoms with Gasteiger partial charge in [0.2, 0.25) is 0 Å². The fourth-order valence-corrected chi connectivity index (χ4v) is 2.63. The van der Waals surface area contributed by atoms with E-state index in [1.54, 1.807) is 0 Å². The van der Waals surface area contributed by atoms with E-state index in [9.17, 15) is 0 Å². The van der Waals surface area contributed by atoms with E-state index < -0.39 is 0 Å². The lowest BCUT2D eigenvalue weighted by atomic mass is 10.0. The largest absolute Gasteiger partial charge is 0.453 e. The van der Waals surface area contributed by atoms with Gasteiger partial charge in [-0.3, -0.25) is 0 Å². The Morgan fingerprint density at radius 2 is 2.25 bits per heavy atom. The molecule has 0 spiro atoms. The highest BCUT2D eigenvalue weighted by Crippen LogP contribution is 2.57. The molecule has 16 heavy (non-hydrogen) atoms. The monoisotopic (exact) mass is 285 g/mol. The van der Waals surface area contributed by atoms with E-state index in [0.29, 0.717) is 17.4 Å². The molecule has 1 aliphatic rings. The van der Waals surface area contributed by atoms with Gasteiger partial charge >= 0.3 is 0 Å². The van der Waals surface area contributed by atoms with Gasteiger partial charge in [0.1, 0.15) is 5.76 Å². The number of hydrogen-bond donors (Lipinski definition) is 1. The second-order valence-electron chi connectivity index (χ2n) is 5.37. The first-order valence-corrected chi connectivity index (χ1v) is 6.82. The van der Waals surface area contributed by atoms with Crippen LogP contribution in [0.4, 0.5) is 0 Å². The van der Waals surface area contributed by atoms with Crippen LogP contribution in [0.5, 0.6) is 0 Å². The zero-order valence-electron chi connectivity index (χ0n) is 10.2. The predicted octanol–water partition coefficient (Wildman–Crippen LogP) is 4.13. The van der Waals surface area contributed by atoms with Crippen molar-refractivity contribution in [1.82, 2.24) is 5.32 Å². The molecule has 2 atom stereocenters. The maximum absolute atomic E-state index is 5.69. The molecule has 0 aliphatic heterocycles. The van der Waals surface area contributed by atoms with E-state index >= 15 is 0 Å². The SMILES string of the molecule is CCCNC(c1ccc(Br)o1)C1CC1(C)C. The quantitative estimate of drug-likeness (QED) is 0.880. The van der Waals surface area contributed by atoms with Crippen molar-refractivity contribution in [3.63, 3.8) is 0 Å². The Labute approximate surface area is 106 Å². The zero-order chi connectivity index (χ0) is 11.8. The van der Waals surface area contributed by atoms with Crippen LogP contribution in [0.2, 0.25) is 0 Å². The molecule has 0 bridgehead atoms. The van der Waals surface area contributed by atoms with Crippen LogP contribution in [-0.4, -0.2) is 6.54 Å². The third kappa shape index (κ3) is 2.51. The molecule has 0 saturated heterocycles. The number of rotatable bonds is 5. The van der Waals surface area contributed by atoms with Crippen LogP contribution in [0.1, 0.15) is 45.4 Å². The molecule has 90 valence electrons. The summed E-state index contributed by atoms with van der Waals surface area (Å²) in [6, 6.07) is 4.43. The summed E-state index contributed by atoms with van der Waals surface area (Å²) in [7, 11) is 0. The van der Waals surface area contributed by atoms with E-state index in [2.05, 4.69) is 48.1 Å². The molecule has 1 N–H and O–H groups in total. The summed E-state index contributed by atoms with van der Waals surface area (Å²) in [5.74, 6) is 1.77. The van der Waals surface area contributed by atoms with E-state index in [0.717, 1.165) is 23.4 Å². The minimum absolute atomic E-state index is 0.376. The topological polar surface area (TPSA) is 25.2 Å². The average molecular weight is 286 g/mol. The van der Waals surface area contributed by atoms with Gasteiger partial charge in [-0.05, 0) is 58.8 Å². The van der Waals surface area contributed by atoms with Gasteiger partial charge in [0.25, 0.3) is 0 Å². The van der Waals surface area contributed by atoms with E-state index in [4.69, 9.17) is 4.42 Å². The maximum atomic E-state index is 5.69. The summed E-state index contributed by atoms with van der Waals surface area (Å²) in [4.78, 5) is 0. The Balaban J connectivity index is 2.09. The van der Waals surface area contributed by atoms with Crippen molar-refractivity contribution in [3.05, 3.63) is 22.6 Å². The fraction of sp³-hybridized carbons (Fsp3) is 0.692. The molecule has 0 radical (unpaired) electrons. The summed E-state index contributed by atoms with van der Waals surface area (Å²) >= 11 is 3.37. The molecule has 1 saturated carbocycles. The number of furan rings is 1. The molecule has 2 unspecified atom stereocenters. The Kier molecular flexibility index (Phi) is 3.45. The first kappa shape index (κ1) is 12.2. The number of hydrogen-bond acceptors (Lipinski definition) is 2. The first-order valence-electron chi connectivity index (χ1n) is 6.03. The standard InChI is InChI=1S/C13H20BrNO/c1-4-7-15-12(9-8-13(9,2)3)10-5-6-11(14)16-10/h5-6,9,12,15H,4,7-8H2,1-3H3. The molecular formula is C13H20BrNO. The van der Waals surface area contributed by atoms with Gasteiger partial charge < -0.3 is 9.73 Å². The van der Waals surface area contributed by atoms with Crippen LogP contribution < -0.4 is 5.32 Å². The van der Waals surface area contributed by atoms with Crippen LogP contribution in [0, 0.1) is 11.3 Å². The Morgan fingerprint density at radius 1 is 1.56 bits per heavy atom. The summed E-state index contributed by atoms with van der Waals surface area (Å²) < 4.78 is 6.51. The summed E-state index contributed by atoms with van der Waals surface area (Å²) in [6.45, 7) is 7.91. The molecule has 2 nitrogen and oxygen atoms in total. The van der Waals surface area contributed by atoms with Crippen molar-refractivity contribution >= 4 is 15.9 Å². The van der Waals surface area contributed by atoms with E-state index in [1.807, 2.05) is 6.07 Å². The van der Waals surface area contributed by atoms with E-state index in [1.165, 1.54) is 6.42 Å². The Bertz CT molecular complexity index is 359. The van der Waals surface area contributed by atoms with Crippen molar-refractivity contribution in [2.24, 2.45) is 11.3 Å². The number of nitrogens with one attached hydrogen (secondary N) is 1. The van der Waals surface area contributed by atoms with Gasteiger partial charge in [-0.1, -0.05) is 20.8 Å². The summed E-state index contributed by atoms with van der Waals surface area (Å²) in [6.07, 6.45) is 2.44. The predicted molar refractivity (Wildman–Crippen MR) is 69.3 cm³/mol. The lowest BCUT2D eigenvalue weighted by Gasteiger charge is -2.17. The Morgan fingerprint density at radius 3 is 2.69 bits per heavy atom. The van der Waals surface area contributed by atoms with Crippen LogP contribution in [0.15, 0.2) is 21.2 Å². The fourth-order valence-electron chi connectivity index (χ4n) is 2.31. The lowest BCUT2D eigenvalue weighted by Crippen LogP contribution is -2.25. The highest BCUT2D eigenvalue weighted by molar-refractivity contribution is 9.10. The van der Waals surface area contributed by atoms with Crippen molar-refractivity contribution in [2.45, 2.75) is 39.7 Å². The van der Waals surface area contributed by atoms with Crippen LogP contribution >= 0.6 is 15.9 Å². The molecule has 0 aromatic carbocycles. The van der Waals surface area contributed by atoms with Gasteiger partial charge in [-0.2, -0.15) is 0 Å². The van der Waals surface area contributed by atoms with Gasteiger partial charge in [0.15, 0.2) is 4.67 Å². The summed E-state index contributed by atoms with van der Waals surface area (Å²) in [5.41, 5.74) is 0.463. The van der Waals surface area contributed by atoms with Crippen molar-refractivity contribution < 1.29 is 4.42 Å². The van der Waals surface area contributed by atoms with Crippen LogP contribution in [-0.2, 0) is 0 Å². The molecular weight excluding hydrogens is 266 g/mol. The third-order valence-electron chi connectivity index (χ3n) is 3.51. The second kappa shape index (κ2) is 4.53.